The number of carbonyl (C=O) groups excluding carboxylic acids is 2. The number of nitrogens with one attached hydrogen (secondary N) is 2. The van der Waals surface area contributed by atoms with Crippen LogP contribution in [0.15, 0.2) is 53.4 Å². The summed E-state index contributed by atoms with van der Waals surface area (Å²) in [7, 11) is 0. The van der Waals surface area contributed by atoms with Gasteiger partial charge in [0.2, 0.25) is 0 Å². The van der Waals surface area contributed by atoms with E-state index in [1.54, 1.807) is 22.7 Å². The number of aromatic nitrogens is 3. The van der Waals surface area contributed by atoms with Crippen molar-refractivity contribution in [1.82, 2.24) is 25.0 Å². The van der Waals surface area contributed by atoms with E-state index in [2.05, 4.69) is 15.6 Å². The van der Waals surface area contributed by atoms with Crippen LogP contribution in [0.1, 0.15) is 52.1 Å². The molecule has 1 aromatic carbocycles. The Morgan fingerprint density at radius 1 is 1.11 bits per heavy atom. The first kappa shape index (κ1) is 24.5. The van der Waals surface area contributed by atoms with Gasteiger partial charge >= 0.3 is 0 Å². The van der Waals surface area contributed by atoms with E-state index in [1.807, 2.05) is 35.0 Å². The molecule has 1 aliphatic rings. The Morgan fingerprint density at radius 3 is 2.74 bits per heavy atom. The lowest BCUT2D eigenvalue weighted by atomic mass is 9.93. The molecule has 11 heteroatoms. The SMILES string of the molecule is Nc1nc2ccc(CNC(=O)c3cccn4c(C(=O)N[C@H]5CC[C@H](O)CC5)c(-c5ccsc5)nc34)cc2s1. The molecule has 0 spiro atoms. The summed E-state index contributed by atoms with van der Waals surface area (Å²) in [6.07, 6.45) is 4.25. The number of pyridine rings is 1. The molecule has 194 valence electrons. The van der Waals surface area contributed by atoms with Crippen molar-refractivity contribution in [1.29, 1.82) is 0 Å². The van der Waals surface area contributed by atoms with Gasteiger partial charge in [-0.25, -0.2) is 9.97 Å². The molecule has 4 heterocycles. The van der Waals surface area contributed by atoms with Crippen molar-refractivity contribution in [3.63, 3.8) is 0 Å². The number of hydrogen-bond donors (Lipinski definition) is 4. The van der Waals surface area contributed by atoms with E-state index in [1.165, 1.54) is 22.7 Å². The van der Waals surface area contributed by atoms with E-state index in [4.69, 9.17) is 10.7 Å². The first-order valence-corrected chi connectivity index (χ1v) is 14.2. The fourth-order valence-corrected chi connectivity index (χ4v) is 6.35. The Labute approximate surface area is 226 Å². The highest BCUT2D eigenvalue weighted by molar-refractivity contribution is 7.22. The summed E-state index contributed by atoms with van der Waals surface area (Å²) in [5, 5.41) is 20.3. The van der Waals surface area contributed by atoms with Gasteiger partial charge in [0.15, 0.2) is 10.8 Å². The molecule has 5 N–H and O–H groups in total. The quantitative estimate of drug-likeness (QED) is 0.252. The number of amides is 2. The number of aliphatic hydroxyl groups excluding tert-OH is 1. The van der Waals surface area contributed by atoms with Crippen LogP contribution in [0.3, 0.4) is 0 Å². The lowest BCUT2D eigenvalue weighted by Crippen LogP contribution is -2.39. The van der Waals surface area contributed by atoms with Crippen molar-refractivity contribution in [2.75, 3.05) is 5.73 Å². The minimum Gasteiger partial charge on any atom is -0.393 e. The van der Waals surface area contributed by atoms with E-state index in [0.29, 0.717) is 47.1 Å². The van der Waals surface area contributed by atoms with Crippen molar-refractivity contribution < 1.29 is 14.7 Å². The highest BCUT2D eigenvalue weighted by Gasteiger charge is 2.27. The summed E-state index contributed by atoms with van der Waals surface area (Å²) >= 11 is 2.93. The van der Waals surface area contributed by atoms with Gasteiger partial charge in [0.05, 0.1) is 21.9 Å². The summed E-state index contributed by atoms with van der Waals surface area (Å²) in [6.45, 7) is 0.326. The van der Waals surface area contributed by atoms with Crippen LogP contribution in [0.25, 0.3) is 27.1 Å². The van der Waals surface area contributed by atoms with Crippen LogP contribution in [-0.2, 0) is 6.54 Å². The number of thiazole rings is 1. The van der Waals surface area contributed by atoms with Gasteiger partial charge in [-0.05, 0) is 67.0 Å². The zero-order valence-electron chi connectivity index (χ0n) is 20.4. The summed E-state index contributed by atoms with van der Waals surface area (Å²) in [5.74, 6) is -0.524. The van der Waals surface area contributed by atoms with Crippen molar-refractivity contribution in [3.05, 3.63) is 70.2 Å². The van der Waals surface area contributed by atoms with Crippen LogP contribution in [-0.4, -0.2) is 43.4 Å². The van der Waals surface area contributed by atoms with Gasteiger partial charge in [-0.3, -0.25) is 14.0 Å². The molecule has 5 aromatic rings. The Hall–Kier alpha value is -3.80. The molecule has 0 bridgehead atoms. The van der Waals surface area contributed by atoms with Gasteiger partial charge in [0.25, 0.3) is 11.8 Å². The number of nitrogens with zero attached hydrogens (tertiary/aromatic N) is 3. The Bertz CT molecular complexity index is 1630. The van der Waals surface area contributed by atoms with Crippen LogP contribution >= 0.6 is 22.7 Å². The number of fused-ring (bicyclic) bond motifs is 2. The van der Waals surface area contributed by atoms with E-state index >= 15 is 0 Å². The second kappa shape index (κ2) is 10.2. The van der Waals surface area contributed by atoms with Crippen LogP contribution in [0.5, 0.6) is 0 Å². The molecule has 4 aromatic heterocycles. The fraction of sp³-hybridized carbons (Fsp3) is 0.259. The van der Waals surface area contributed by atoms with Gasteiger partial charge < -0.3 is 21.5 Å². The number of thiophene rings is 1. The Kier molecular flexibility index (Phi) is 6.56. The number of rotatable bonds is 6. The summed E-state index contributed by atoms with van der Waals surface area (Å²) < 4.78 is 2.66. The lowest BCUT2D eigenvalue weighted by molar-refractivity contribution is 0.0862. The van der Waals surface area contributed by atoms with E-state index < -0.39 is 0 Å². The zero-order chi connectivity index (χ0) is 26.2. The molecule has 2 amide bonds. The van der Waals surface area contributed by atoms with Crippen molar-refractivity contribution in [2.24, 2.45) is 0 Å². The molecule has 1 saturated carbocycles. The minimum absolute atomic E-state index is 0.00973. The normalized spacial score (nSPS) is 17.6. The number of nitrogen functional groups attached to an aromatic ring is 1. The molecule has 0 saturated heterocycles. The van der Waals surface area contributed by atoms with Crippen LogP contribution in [0, 0.1) is 0 Å². The Morgan fingerprint density at radius 2 is 1.95 bits per heavy atom. The largest absolute Gasteiger partial charge is 0.393 e. The zero-order valence-corrected chi connectivity index (χ0v) is 22.0. The van der Waals surface area contributed by atoms with Gasteiger partial charge in [0.1, 0.15) is 11.4 Å². The smallest absolute Gasteiger partial charge is 0.270 e. The van der Waals surface area contributed by atoms with E-state index in [0.717, 1.165) is 34.2 Å². The number of hydrogen-bond acceptors (Lipinski definition) is 8. The van der Waals surface area contributed by atoms with Crippen LogP contribution < -0.4 is 16.4 Å². The van der Waals surface area contributed by atoms with Crippen molar-refractivity contribution >= 4 is 55.5 Å². The third-order valence-corrected chi connectivity index (χ3v) is 8.39. The number of aliphatic hydroxyl groups is 1. The summed E-state index contributed by atoms with van der Waals surface area (Å²) in [4.78, 5) is 35.9. The first-order chi connectivity index (χ1) is 18.5. The molecule has 0 unspecified atom stereocenters. The maximum atomic E-state index is 13.5. The van der Waals surface area contributed by atoms with Crippen molar-refractivity contribution in [2.45, 2.75) is 44.4 Å². The summed E-state index contributed by atoms with van der Waals surface area (Å²) in [5.41, 5.74) is 10.1. The topological polar surface area (TPSA) is 135 Å². The molecule has 0 radical (unpaired) electrons. The Balaban J connectivity index is 1.30. The van der Waals surface area contributed by atoms with E-state index in [9.17, 15) is 14.7 Å². The number of anilines is 1. The van der Waals surface area contributed by atoms with E-state index in [-0.39, 0.29) is 24.0 Å². The molecule has 9 nitrogen and oxygen atoms in total. The van der Waals surface area contributed by atoms with Gasteiger partial charge in [0, 0.05) is 29.7 Å². The molecule has 0 aliphatic heterocycles. The second-order valence-corrected chi connectivity index (χ2v) is 11.3. The highest BCUT2D eigenvalue weighted by atomic mass is 32.1. The molecule has 1 fully saturated rings. The minimum atomic E-state index is -0.302. The highest BCUT2D eigenvalue weighted by Crippen LogP contribution is 2.29. The molecular formula is C27H26N6O3S2. The van der Waals surface area contributed by atoms with Crippen molar-refractivity contribution in [3.8, 4) is 11.3 Å². The van der Waals surface area contributed by atoms with Gasteiger partial charge in [-0.15, -0.1) is 0 Å². The monoisotopic (exact) mass is 546 g/mol. The van der Waals surface area contributed by atoms with Gasteiger partial charge in [-0.2, -0.15) is 11.3 Å². The second-order valence-electron chi connectivity index (χ2n) is 9.45. The number of imidazole rings is 1. The maximum Gasteiger partial charge on any atom is 0.270 e. The third-order valence-electron chi connectivity index (χ3n) is 6.86. The number of benzene rings is 1. The standard InChI is InChI=1S/C27H26N6O3S2/c28-27-31-20-8-3-15(12-21(20)38-27)13-29-25(35)19-2-1-10-33-23(22(32-24(19)33)16-9-11-37-14-16)26(36)30-17-4-6-18(34)7-5-17/h1-3,8-12,14,17-18,34H,4-7,13H2,(H2,28,31)(H,29,35)(H,30,36)/t17-,18-. The predicted octanol–water partition coefficient (Wildman–Crippen LogP) is 4.22. The maximum absolute atomic E-state index is 13.5. The molecule has 38 heavy (non-hydrogen) atoms. The predicted molar refractivity (Wildman–Crippen MR) is 149 cm³/mol. The molecule has 0 atom stereocenters. The average molecular weight is 547 g/mol. The number of carbonyl (C=O) groups is 2. The molecule has 1 aliphatic carbocycles. The molecule has 6 rings (SSSR count). The summed E-state index contributed by atoms with van der Waals surface area (Å²) in [6, 6.07) is 11.2. The average Bonchev–Trinajstić information content (AvgIpc) is 3.65. The first-order valence-electron chi connectivity index (χ1n) is 12.4. The fourth-order valence-electron chi connectivity index (χ4n) is 4.91. The van der Waals surface area contributed by atoms with Crippen LogP contribution in [0.4, 0.5) is 5.13 Å². The van der Waals surface area contributed by atoms with Crippen LogP contribution in [0.2, 0.25) is 0 Å². The third kappa shape index (κ3) is 4.75. The lowest BCUT2D eigenvalue weighted by Gasteiger charge is -2.26. The number of nitrogens with two attached hydrogens (primary N) is 1. The molecular weight excluding hydrogens is 520 g/mol. The van der Waals surface area contributed by atoms with Gasteiger partial charge in [-0.1, -0.05) is 17.4 Å².